The molecule has 0 saturated carbocycles. The number of nitrogens with one attached hydrogen (secondary N) is 2. The van der Waals surface area contributed by atoms with Gasteiger partial charge in [-0.05, 0) is 30.4 Å². The lowest BCUT2D eigenvalue weighted by molar-refractivity contribution is 0.274. The number of hydrogen-bond donors (Lipinski definition) is 2. The van der Waals surface area contributed by atoms with Gasteiger partial charge in [-0.25, -0.2) is 0 Å². The molecule has 0 spiro atoms. The highest BCUT2D eigenvalue weighted by molar-refractivity contribution is 5.61. The van der Waals surface area contributed by atoms with Crippen LogP contribution in [-0.4, -0.2) is 19.7 Å². The number of anilines is 1. The highest BCUT2D eigenvalue weighted by Crippen LogP contribution is 2.31. The molecule has 20 heavy (non-hydrogen) atoms. The lowest BCUT2D eigenvalue weighted by atomic mass is 9.85. The molecule has 3 nitrogen and oxygen atoms in total. The van der Waals surface area contributed by atoms with Crippen LogP contribution in [0.25, 0.3) is 0 Å². The van der Waals surface area contributed by atoms with Gasteiger partial charge in [0, 0.05) is 18.7 Å². The van der Waals surface area contributed by atoms with Gasteiger partial charge in [-0.2, -0.15) is 0 Å². The van der Waals surface area contributed by atoms with E-state index in [0.717, 1.165) is 37.7 Å². The van der Waals surface area contributed by atoms with Crippen molar-refractivity contribution in [2.24, 2.45) is 17.8 Å². The van der Waals surface area contributed by atoms with Gasteiger partial charge in [0.1, 0.15) is 12.4 Å². The van der Waals surface area contributed by atoms with E-state index in [1.165, 1.54) is 5.56 Å². The van der Waals surface area contributed by atoms with E-state index in [4.69, 9.17) is 4.74 Å². The van der Waals surface area contributed by atoms with Gasteiger partial charge in [-0.15, -0.1) is 0 Å². The van der Waals surface area contributed by atoms with Crippen LogP contribution in [0.15, 0.2) is 18.2 Å². The molecule has 1 aliphatic rings. The molecular formula is C17H28N2O. The third-order valence-corrected chi connectivity index (χ3v) is 4.17. The predicted octanol–water partition coefficient (Wildman–Crippen LogP) is 3.51. The molecule has 1 heterocycles. The van der Waals surface area contributed by atoms with Crippen molar-refractivity contribution in [2.75, 3.05) is 25.0 Å². The van der Waals surface area contributed by atoms with E-state index in [1.54, 1.807) is 0 Å². The number of fused-ring (bicyclic) bond motifs is 1. The molecule has 1 aromatic rings. The molecule has 1 aliphatic heterocycles. The molecule has 0 unspecified atom stereocenters. The SMILES string of the molecule is CC(C)C(CNCc1cccc2c1OCCN2)C(C)C. The van der Waals surface area contributed by atoms with E-state index >= 15 is 0 Å². The summed E-state index contributed by atoms with van der Waals surface area (Å²) in [5.74, 6) is 3.17. The molecule has 1 aromatic carbocycles. The van der Waals surface area contributed by atoms with E-state index in [9.17, 15) is 0 Å². The van der Waals surface area contributed by atoms with Gasteiger partial charge in [0.15, 0.2) is 0 Å². The number of benzene rings is 1. The lowest BCUT2D eigenvalue weighted by Gasteiger charge is -2.26. The summed E-state index contributed by atoms with van der Waals surface area (Å²) in [5, 5.41) is 6.99. The minimum Gasteiger partial charge on any atom is -0.489 e. The van der Waals surface area contributed by atoms with Gasteiger partial charge in [0.2, 0.25) is 0 Å². The van der Waals surface area contributed by atoms with Crippen LogP contribution in [0.2, 0.25) is 0 Å². The van der Waals surface area contributed by atoms with E-state index in [1.807, 2.05) is 0 Å². The van der Waals surface area contributed by atoms with E-state index < -0.39 is 0 Å². The summed E-state index contributed by atoms with van der Waals surface area (Å²) < 4.78 is 5.80. The summed E-state index contributed by atoms with van der Waals surface area (Å²) in [6.45, 7) is 12.8. The Morgan fingerprint density at radius 3 is 2.65 bits per heavy atom. The summed E-state index contributed by atoms with van der Waals surface area (Å²) in [7, 11) is 0. The molecule has 2 rings (SSSR count). The van der Waals surface area contributed by atoms with Crippen molar-refractivity contribution in [2.45, 2.75) is 34.2 Å². The van der Waals surface area contributed by atoms with Crippen molar-refractivity contribution in [1.82, 2.24) is 5.32 Å². The summed E-state index contributed by atoms with van der Waals surface area (Å²) >= 11 is 0. The minimum atomic E-state index is 0.713. The fourth-order valence-electron chi connectivity index (χ4n) is 2.99. The number of ether oxygens (including phenoxy) is 1. The zero-order valence-corrected chi connectivity index (χ0v) is 13.2. The second-order valence-electron chi connectivity index (χ2n) is 6.35. The number of hydrogen-bond acceptors (Lipinski definition) is 3. The van der Waals surface area contributed by atoms with E-state index in [-0.39, 0.29) is 0 Å². The summed E-state index contributed by atoms with van der Waals surface area (Å²) in [4.78, 5) is 0. The second kappa shape index (κ2) is 6.98. The Morgan fingerprint density at radius 1 is 1.20 bits per heavy atom. The zero-order chi connectivity index (χ0) is 14.5. The van der Waals surface area contributed by atoms with Crippen LogP contribution >= 0.6 is 0 Å². The summed E-state index contributed by atoms with van der Waals surface area (Å²) in [5.41, 5.74) is 2.38. The van der Waals surface area contributed by atoms with Crippen molar-refractivity contribution >= 4 is 5.69 Å². The lowest BCUT2D eigenvalue weighted by Crippen LogP contribution is -2.30. The van der Waals surface area contributed by atoms with Crippen LogP contribution in [0, 0.1) is 17.8 Å². The van der Waals surface area contributed by atoms with Crippen LogP contribution < -0.4 is 15.4 Å². The van der Waals surface area contributed by atoms with Crippen molar-refractivity contribution in [1.29, 1.82) is 0 Å². The Morgan fingerprint density at radius 2 is 1.95 bits per heavy atom. The third-order valence-electron chi connectivity index (χ3n) is 4.17. The maximum atomic E-state index is 5.80. The molecule has 112 valence electrons. The van der Waals surface area contributed by atoms with Crippen molar-refractivity contribution in [3.8, 4) is 5.75 Å². The Kier molecular flexibility index (Phi) is 5.30. The Hall–Kier alpha value is -1.22. The molecule has 0 aromatic heterocycles. The van der Waals surface area contributed by atoms with Gasteiger partial charge in [-0.1, -0.05) is 39.8 Å². The van der Waals surface area contributed by atoms with E-state index in [2.05, 4.69) is 56.5 Å². The normalized spacial score (nSPS) is 14.3. The van der Waals surface area contributed by atoms with Crippen molar-refractivity contribution in [3.63, 3.8) is 0 Å². The van der Waals surface area contributed by atoms with E-state index in [0.29, 0.717) is 17.8 Å². The van der Waals surface area contributed by atoms with Gasteiger partial charge in [0.25, 0.3) is 0 Å². The Bertz CT molecular complexity index is 421. The standard InChI is InChI=1S/C17H28N2O/c1-12(2)15(13(3)4)11-18-10-14-6-5-7-16-17(14)20-9-8-19-16/h5-7,12-13,15,18-19H,8-11H2,1-4H3. The molecule has 0 fully saturated rings. The fraction of sp³-hybridized carbons (Fsp3) is 0.647. The molecule has 0 radical (unpaired) electrons. The quantitative estimate of drug-likeness (QED) is 0.834. The van der Waals surface area contributed by atoms with Gasteiger partial charge in [0.05, 0.1) is 5.69 Å². The van der Waals surface area contributed by atoms with Gasteiger partial charge < -0.3 is 15.4 Å². The molecular weight excluding hydrogens is 248 g/mol. The van der Waals surface area contributed by atoms with Crippen LogP contribution in [0.1, 0.15) is 33.3 Å². The third kappa shape index (κ3) is 3.66. The highest BCUT2D eigenvalue weighted by atomic mass is 16.5. The topological polar surface area (TPSA) is 33.3 Å². The Labute approximate surface area is 123 Å². The average Bonchev–Trinajstić information content (AvgIpc) is 2.42. The molecule has 0 aliphatic carbocycles. The predicted molar refractivity (Wildman–Crippen MR) is 85.3 cm³/mol. The molecule has 0 bridgehead atoms. The zero-order valence-electron chi connectivity index (χ0n) is 13.2. The summed E-state index contributed by atoms with van der Waals surface area (Å²) in [6.07, 6.45) is 0. The second-order valence-corrected chi connectivity index (χ2v) is 6.35. The maximum Gasteiger partial charge on any atom is 0.146 e. The highest BCUT2D eigenvalue weighted by Gasteiger charge is 2.18. The molecule has 0 amide bonds. The number of rotatable bonds is 6. The first kappa shape index (κ1) is 15.2. The summed E-state index contributed by atoms with van der Waals surface area (Å²) in [6, 6.07) is 6.33. The molecule has 0 saturated heterocycles. The minimum absolute atomic E-state index is 0.713. The first-order valence-electron chi connectivity index (χ1n) is 7.79. The Balaban J connectivity index is 1.94. The van der Waals surface area contributed by atoms with Crippen LogP contribution in [-0.2, 0) is 6.54 Å². The monoisotopic (exact) mass is 276 g/mol. The van der Waals surface area contributed by atoms with Crippen molar-refractivity contribution in [3.05, 3.63) is 23.8 Å². The van der Waals surface area contributed by atoms with Crippen LogP contribution in [0.4, 0.5) is 5.69 Å². The largest absolute Gasteiger partial charge is 0.489 e. The average molecular weight is 276 g/mol. The van der Waals surface area contributed by atoms with Crippen LogP contribution in [0.5, 0.6) is 5.75 Å². The maximum absolute atomic E-state index is 5.80. The molecule has 3 heteroatoms. The smallest absolute Gasteiger partial charge is 0.146 e. The fourth-order valence-corrected chi connectivity index (χ4v) is 2.99. The van der Waals surface area contributed by atoms with Gasteiger partial charge >= 0.3 is 0 Å². The molecule has 0 atom stereocenters. The molecule has 2 N–H and O–H groups in total. The first-order chi connectivity index (χ1) is 9.59. The van der Waals surface area contributed by atoms with Gasteiger partial charge in [-0.3, -0.25) is 0 Å². The number of para-hydroxylation sites is 1. The first-order valence-corrected chi connectivity index (χ1v) is 7.79. The van der Waals surface area contributed by atoms with Crippen molar-refractivity contribution < 1.29 is 4.74 Å². The van der Waals surface area contributed by atoms with Crippen LogP contribution in [0.3, 0.4) is 0 Å².